The molecule has 4 aromatic rings. The van der Waals surface area contributed by atoms with E-state index >= 15 is 0 Å². The van der Waals surface area contributed by atoms with Crippen LogP contribution < -0.4 is 10.6 Å². The van der Waals surface area contributed by atoms with Crippen LogP contribution in [0.3, 0.4) is 0 Å². The number of carbonyl (C=O) groups excluding carboxylic acids is 1. The molecule has 0 saturated heterocycles. The molecule has 3 heterocycles. The van der Waals surface area contributed by atoms with Crippen LogP contribution in [-0.2, 0) is 11.2 Å². The number of carboxylic acids is 1. The minimum Gasteiger partial charge on any atom is -0.480 e. The smallest absolute Gasteiger partial charge is 0.408 e. The number of imidazole rings is 1. The number of benzene rings is 1. The number of nitrogens with one attached hydrogen (secondary N) is 2. The lowest BCUT2D eigenvalue weighted by molar-refractivity contribution is -0.143. The Kier molecular flexibility index (Phi) is 8.50. The van der Waals surface area contributed by atoms with Crippen molar-refractivity contribution in [1.29, 1.82) is 0 Å². The third kappa shape index (κ3) is 6.19. The fourth-order valence-electron chi connectivity index (χ4n) is 4.66. The molecular formula is C29H28F5N5O3. The Morgan fingerprint density at radius 3 is 2.31 bits per heavy atom. The fraction of sp³-hybridized carbons (Fsp3) is 0.310. The van der Waals surface area contributed by atoms with Crippen LogP contribution in [0.1, 0.15) is 46.2 Å². The SMILES string of the molecule is CCC(Nc1cc(F)c(C(=O)NC(Cc2ccc(-c3nc(C)c(C)cc3C)c3nccn23)C(=O)O)c(F)c1)C(F)(F)F. The van der Waals surface area contributed by atoms with Crippen LogP contribution in [0.5, 0.6) is 0 Å². The van der Waals surface area contributed by atoms with Gasteiger partial charge in [0.2, 0.25) is 0 Å². The van der Waals surface area contributed by atoms with E-state index in [4.69, 9.17) is 0 Å². The summed E-state index contributed by atoms with van der Waals surface area (Å²) in [6.07, 6.45) is -2.21. The van der Waals surface area contributed by atoms with Crippen LogP contribution >= 0.6 is 0 Å². The number of hydrogen-bond donors (Lipinski definition) is 3. The van der Waals surface area contributed by atoms with Crippen molar-refractivity contribution in [2.45, 2.75) is 58.8 Å². The Morgan fingerprint density at radius 2 is 1.71 bits per heavy atom. The highest BCUT2D eigenvalue weighted by Gasteiger charge is 2.38. The predicted octanol–water partition coefficient (Wildman–Crippen LogP) is 5.78. The van der Waals surface area contributed by atoms with E-state index in [0.29, 0.717) is 34.7 Å². The summed E-state index contributed by atoms with van der Waals surface area (Å²) in [5.74, 6) is -5.75. The van der Waals surface area contributed by atoms with Crippen molar-refractivity contribution in [2.75, 3.05) is 5.32 Å². The van der Waals surface area contributed by atoms with Crippen molar-refractivity contribution in [3.8, 4) is 11.3 Å². The number of anilines is 1. The van der Waals surface area contributed by atoms with Crippen LogP contribution in [0.15, 0.2) is 42.7 Å². The number of alkyl halides is 3. The summed E-state index contributed by atoms with van der Waals surface area (Å²) in [5.41, 5.74) is 3.47. The fourth-order valence-corrected chi connectivity index (χ4v) is 4.66. The molecule has 0 spiro atoms. The van der Waals surface area contributed by atoms with E-state index in [2.05, 4.69) is 15.3 Å². The number of carbonyl (C=O) groups is 2. The first kappa shape index (κ1) is 30.4. The molecule has 3 aromatic heterocycles. The quantitative estimate of drug-likeness (QED) is 0.214. The molecule has 0 aliphatic heterocycles. The second-order valence-electron chi connectivity index (χ2n) is 9.95. The van der Waals surface area contributed by atoms with Crippen LogP contribution in [0.2, 0.25) is 0 Å². The molecule has 42 heavy (non-hydrogen) atoms. The van der Waals surface area contributed by atoms with Crippen LogP contribution in [0, 0.1) is 32.4 Å². The molecule has 3 N–H and O–H groups in total. The number of pyridine rings is 2. The van der Waals surface area contributed by atoms with Gasteiger partial charge in [-0.25, -0.2) is 18.6 Å². The van der Waals surface area contributed by atoms with Gasteiger partial charge in [-0.3, -0.25) is 9.78 Å². The van der Waals surface area contributed by atoms with E-state index < -0.39 is 59.4 Å². The maximum absolute atomic E-state index is 14.8. The number of fused-ring (bicyclic) bond motifs is 1. The third-order valence-corrected chi connectivity index (χ3v) is 6.98. The molecule has 2 unspecified atom stereocenters. The van der Waals surface area contributed by atoms with E-state index in [-0.39, 0.29) is 6.42 Å². The summed E-state index contributed by atoms with van der Waals surface area (Å²) in [6.45, 7) is 7.00. The zero-order valence-electron chi connectivity index (χ0n) is 23.1. The number of aryl methyl sites for hydroxylation is 3. The van der Waals surface area contributed by atoms with Gasteiger partial charge in [0.1, 0.15) is 34.9 Å². The number of aliphatic carboxylic acids is 1. The second-order valence-corrected chi connectivity index (χ2v) is 9.95. The molecule has 1 amide bonds. The number of hydrogen-bond acceptors (Lipinski definition) is 5. The molecule has 2 atom stereocenters. The minimum absolute atomic E-state index is 0.278. The number of aromatic nitrogens is 3. The van der Waals surface area contributed by atoms with Gasteiger partial charge in [-0.2, -0.15) is 13.2 Å². The van der Waals surface area contributed by atoms with Crippen LogP contribution in [0.4, 0.5) is 27.6 Å². The van der Waals surface area contributed by atoms with E-state index in [1.54, 1.807) is 22.7 Å². The lowest BCUT2D eigenvalue weighted by Gasteiger charge is -2.22. The summed E-state index contributed by atoms with van der Waals surface area (Å²) in [6, 6.07) is 2.82. The van der Waals surface area contributed by atoms with Gasteiger partial charge in [0, 0.05) is 41.5 Å². The standard InChI is InChI=1S/C29H28F5N5O3/c1-5-23(29(32,33)34)37-17-11-20(30)24(21(31)12-17)27(40)38-22(28(41)42)13-18-6-7-19(26-35-8-9-39(18)26)25-15(3)10-14(2)16(4)36-25/h6-12,22-23,37H,5,13H2,1-4H3,(H,38,40)(H,41,42). The van der Waals surface area contributed by atoms with Crippen molar-refractivity contribution in [1.82, 2.24) is 19.7 Å². The van der Waals surface area contributed by atoms with E-state index in [9.17, 15) is 36.6 Å². The van der Waals surface area contributed by atoms with Gasteiger partial charge >= 0.3 is 12.1 Å². The highest BCUT2D eigenvalue weighted by Crippen LogP contribution is 2.29. The molecule has 0 aliphatic carbocycles. The first-order chi connectivity index (χ1) is 19.7. The van der Waals surface area contributed by atoms with Gasteiger partial charge in [0.15, 0.2) is 0 Å². The molecule has 0 bridgehead atoms. The topological polar surface area (TPSA) is 109 Å². The summed E-state index contributed by atoms with van der Waals surface area (Å²) >= 11 is 0. The molecule has 0 radical (unpaired) electrons. The first-order valence-corrected chi connectivity index (χ1v) is 13.0. The Morgan fingerprint density at radius 1 is 1.05 bits per heavy atom. The summed E-state index contributed by atoms with van der Waals surface area (Å²) in [7, 11) is 0. The van der Waals surface area contributed by atoms with Gasteiger partial charge in [0.25, 0.3) is 5.91 Å². The number of nitrogens with zero attached hydrogens (tertiary/aromatic N) is 3. The monoisotopic (exact) mass is 589 g/mol. The largest absolute Gasteiger partial charge is 0.480 e. The Bertz CT molecular complexity index is 1640. The van der Waals surface area contributed by atoms with Crippen LogP contribution in [-0.4, -0.2) is 49.6 Å². The van der Waals surface area contributed by atoms with E-state index in [1.165, 1.54) is 13.1 Å². The second kappa shape index (κ2) is 11.7. The lowest BCUT2D eigenvalue weighted by atomic mass is 10.0. The summed E-state index contributed by atoms with van der Waals surface area (Å²) in [5, 5.41) is 13.9. The summed E-state index contributed by atoms with van der Waals surface area (Å²) < 4.78 is 70.4. The van der Waals surface area contributed by atoms with Crippen molar-refractivity contribution < 1.29 is 36.6 Å². The molecular weight excluding hydrogens is 561 g/mol. The number of halogens is 5. The normalized spacial score (nSPS) is 13.2. The molecule has 0 fully saturated rings. The van der Waals surface area contributed by atoms with E-state index in [1.807, 2.05) is 32.2 Å². The van der Waals surface area contributed by atoms with Gasteiger partial charge in [-0.1, -0.05) is 13.0 Å². The zero-order valence-corrected chi connectivity index (χ0v) is 23.1. The summed E-state index contributed by atoms with van der Waals surface area (Å²) in [4.78, 5) is 34.0. The average molecular weight is 590 g/mol. The zero-order chi connectivity index (χ0) is 30.9. The molecule has 1 aromatic carbocycles. The average Bonchev–Trinajstić information content (AvgIpc) is 3.39. The van der Waals surface area contributed by atoms with Gasteiger partial charge in [0.05, 0.1) is 5.69 Å². The molecule has 0 saturated carbocycles. The highest BCUT2D eigenvalue weighted by atomic mass is 19.4. The predicted molar refractivity (Wildman–Crippen MR) is 145 cm³/mol. The van der Waals surface area contributed by atoms with Crippen molar-refractivity contribution >= 4 is 23.2 Å². The van der Waals surface area contributed by atoms with Crippen molar-refractivity contribution in [3.05, 3.63) is 82.4 Å². The minimum atomic E-state index is -4.67. The Balaban J connectivity index is 1.60. The van der Waals surface area contributed by atoms with Gasteiger partial charge in [-0.05, 0) is 62.6 Å². The Labute approximate surface area is 237 Å². The number of carboxylic acid groups (broad SMARTS) is 1. The lowest BCUT2D eigenvalue weighted by Crippen LogP contribution is -2.43. The van der Waals surface area contributed by atoms with Crippen molar-refractivity contribution in [3.63, 3.8) is 0 Å². The Hall–Kier alpha value is -4.55. The third-order valence-electron chi connectivity index (χ3n) is 6.98. The molecule has 222 valence electrons. The maximum atomic E-state index is 14.8. The van der Waals surface area contributed by atoms with Crippen molar-refractivity contribution in [2.24, 2.45) is 0 Å². The highest BCUT2D eigenvalue weighted by molar-refractivity contribution is 5.97. The molecule has 8 nitrogen and oxygen atoms in total. The molecule has 13 heteroatoms. The molecule has 0 aliphatic rings. The number of rotatable bonds is 9. The van der Waals surface area contributed by atoms with E-state index in [0.717, 1.165) is 16.8 Å². The van der Waals surface area contributed by atoms with Gasteiger partial charge < -0.3 is 20.1 Å². The number of amides is 1. The first-order valence-electron chi connectivity index (χ1n) is 13.0. The maximum Gasteiger partial charge on any atom is 0.408 e. The van der Waals surface area contributed by atoms with Crippen LogP contribution in [0.25, 0.3) is 16.9 Å². The molecule has 4 rings (SSSR count). The van der Waals surface area contributed by atoms with Gasteiger partial charge in [-0.15, -0.1) is 0 Å².